The topological polar surface area (TPSA) is 63.8 Å². The van der Waals surface area contributed by atoms with Crippen LogP contribution in [0.25, 0.3) is 0 Å². The van der Waals surface area contributed by atoms with Gasteiger partial charge in [-0.15, -0.1) is 11.3 Å². The number of pyridine rings is 1. The van der Waals surface area contributed by atoms with Gasteiger partial charge in [0, 0.05) is 17.3 Å². The number of aromatic nitrogens is 2. The zero-order valence-electron chi connectivity index (χ0n) is 7.47. The van der Waals surface area contributed by atoms with Crippen molar-refractivity contribution in [3.05, 3.63) is 35.0 Å². The van der Waals surface area contributed by atoms with Gasteiger partial charge in [0.2, 0.25) is 0 Å². The molecule has 0 atom stereocenters. The Morgan fingerprint density at radius 1 is 1.36 bits per heavy atom. The number of hydrogen-bond acceptors (Lipinski definition) is 5. The molecule has 2 heterocycles. The van der Waals surface area contributed by atoms with E-state index in [0.29, 0.717) is 5.69 Å². The van der Waals surface area contributed by atoms with E-state index >= 15 is 0 Å². The minimum atomic E-state index is 0.664. The van der Waals surface area contributed by atoms with E-state index in [1.54, 1.807) is 23.7 Å². The Hall–Kier alpha value is -1.62. The van der Waals surface area contributed by atoms with Crippen LogP contribution in [0.4, 0.5) is 11.4 Å². The Morgan fingerprint density at radius 3 is 3.00 bits per heavy atom. The minimum Gasteiger partial charge on any atom is -0.396 e. The lowest BCUT2D eigenvalue weighted by Crippen LogP contribution is -2.01. The minimum absolute atomic E-state index is 0.664. The number of thiazole rings is 1. The summed E-state index contributed by atoms with van der Waals surface area (Å²) in [6.45, 7) is 0.749. The monoisotopic (exact) mass is 206 g/mol. The van der Waals surface area contributed by atoms with Gasteiger partial charge in [0.15, 0.2) is 0 Å². The quantitative estimate of drug-likeness (QED) is 0.802. The van der Waals surface area contributed by atoms with Crippen LogP contribution in [0.15, 0.2) is 30.2 Å². The van der Waals surface area contributed by atoms with Crippen LogP contribution < -0.4 is 11.1 Å². The van der Waals surface area contributed by atoms with Crippen LogP contribution in [0.3, 0.4) is 0 Å². The third-order valence-electron chi connectivity index (χ3n) is 1.79. The highest BCUT2D eigenvalue weighted by Crippen LogP contribution is 2.17. The summed E-state index contributed by atoms with van der Waals surface area (Å²) in [7, 11) is 0. The van der Waals surface area contributed by atoms with Gasteiger partial charge in [-0.1, -0.05) is 0 Å². The lowest BCUT2D eigenvalue weighted by atomic mass is 10.3. The van der Waals surface area contributed by atoms with Crippen LogP contribution in [-0.4, -0.2) is 9.97 Å². The number of nitrogens with two attached hydrogens (primary N) is 1. The van der Waals surface area contributed by atoms with Crippen LogP contribution in [0.1, 0.15) is 4.88 Å². The standard InChI is InChI=1S/C9H10N4S/c10-8-5-11-2-1-9(8)13-4-7-3-12-6-14-7/h1-3,5-6H,4,10H2,(H,11,13). The molecule has 2 aromatic rings. The number of nitrogens with zero attached hydrogens (tertiary/aromatic N) is 2. The fraction of sp³-hybridized carbons (Fsp3) is 0.111. The summed E-state index contributed by atoms with van der Waals surface area (Å²) in [5, 5.41) is 3.22. The third-order valence-corrected chi connectivity index (χ3v) is 2.57. The van der Waals surface area contributed by atoms with E-state index in [9.17, 15) is 0 Å². The molecule has 0 saturated heterocycles. The Kier molecular flexibility index (Phi) is 2.60. The fourth-order valence-corrected chi connectivity index (χ4v) is 1.61. The summed E-state index contributed by atoms with van der Waals surface area (Å²) < 4.78 is 0. The molecule has 0 bridgehead atoms. The molecule has 0 aliphatic rings. The van der Waals surface area contributed by atoms with Gasteiger partial charge < -0.3 is 11.1 Å². The van der Waals surface area contributed by atoms with Crippen LogP contribution in [0, 0.1) is 0 Å². The summed E-state index contributed by atoms with van der Waals surface area (Å²) >= 11 is 1.62. The van der Waals surface area contributed by atoms with Gasteiger partial charge in [-0.05, 0) is 6.07 Å². The molecule has 72 valence electrons. The number of nitrogens with one attached hydrogen (secondary N) is 1. The van der Waals surface area contributed by atoms with Crippen LogP contribution in [-0.2, 0) is 6.54 Å². The van der Waals surface area contributed by atoms with Crippen molar-refractivity contribution >= 4 is 22.7 Å². The molecule has 0 radical (unpaired) electrons. The molecular formula is C9H10N4S. The second-order valence-corrected chi connectivity index (χ2v) is 3.76. The summed E-state index contributed by atoms with van der Waals surface area (Å²) in [5.74, 6) is 0. The van der Waals surface area contributed by atoms with Crippen molar-refractivity contribution in [1.82, 2.24) is 9.97 Å². The molecule has 0 saturated carbocycles. The molecule has 14 heavy (non-hydrogen) atoms. The number of nitrogen functional groups attached to an aromatic ring is 1. The Labute approximate surface area is 85.8 Å². The normalized spacial score (nSPS) is 10.0. The van der Waals surface area contributed by atoms with E-state index in [2.05, 4.69) is 15.3 Å². The van der Waals surface area contributed by atoms with E-state index in [4.69, 9.17) is 5.73 Å². The third kappa shape index (κ3) is 2.00. The maximum Gasteiger partial charge on any atom is 0.0794 e. The molecule has 0 aromatic carbocycles. The molecule has 3 N–H and O–H groups in total. The molecule has 0 aliphatic carbocycles. The lowest BCUT2D eigenvalue weighted by molar-refractivity contribution is 1.17. The molecule has 0 spiro atoms. The molecule has 2 rings (SSSR count). The SMILES string of the molecule is Nc1cnccc1NCc1cncs1. The number of rotatable bonds is 3. The van der Waals surface area contributed by atoms with Gasteiger partial charge >= 0.3 is 0 Å². The van der Waals surface area contributed by atoms with E-state index in [-0.39, 0.29) is 0 Å². The number of hydrogen-bond donors (Lipinski definition) is 2. The Bertz CT molecular complexity index is 399. The first-order valence-electron chi connectivity index (χ1n) is 4.17. The van der Waals surface area contributed by atoms with E-state index in [0.717, 1.165) is 12.2 Å². The van der Waals surface area contributed by atoms with Gasteiger partial charge in [-0.25, -0.2) is 0 Å². The van der Waals surface area contributed by atoms with Gasteiger partial charge in [0.25, 0.3) is 0 Å². The summed E-state index contributed by atoms with van der Waals surface area (Å²) in [6, 6.07) is 1.86. The molecule has 0 unspecified atom stereocenters. The van der Waals surface area contributed by atoms with Crippen molar-refractivity contribution in [2.45, 2.75) is 6.54 Å². The highest BCUT2D eigenvalue weighted by molar-refractivity contribution is 7.09. The van der Waals surface area contributed by atoms with E-state index in [1.165, 1.54) is 4.88 Å². The highest BCUT2D eigenvalue weighted by atomic mass is 32.1. The first-order chi connectivity index (χ1) is 6.86. The molecular weight excluding hydrogens is 196 g/mol. The molecule has 2 aromatic heterocycles. The van der Waals surface area contributed by atoms with E-state index < -0.39 is 0 Å². The van der Waals surface area contributed by atoms with Gasteiger partial charge in [-0.3, -0.25) is 9.97 Å². The summed E-state index contributed by atoms with van der Waals surface area (Å²) in [6.07, 6.45) is 5.19. The Balaban J connectivity index is 2.02. The van der Waals surface area contributed by atoms with Crippen LogP contribution in [0.2, 0.25) is 0 Å². The average Bonchev–Trinajstić information content (AvgIpc) is 2.69. The predicted molar refractivity (Wildman–Crippen MR) is 58.1 cm³/mol. The molecule has 0 amide bonds. The maximum absolute atomic E-state index is 5.72. The van der Waals surface area contributed by atoms with Crippen LogP contribution in [0.5, 0.6) is 0 Å². The largest absolute Gasteiger partial charge is 0.396 e. The van der Waals surface area contributed by atoms with Crippen LogP contribution >= 0.6 is 11.3 Å². The summed E-state index contributed by atoms with van der Waals surface area (Å²) in [5.41, 5.74) is 9.11. The highest BCUT2D eigenvalue weighted by Gasteiger charge is 1.98. The molecule has 5 heteroatoms. The van der Waals surface area contributed by atoms with E-state index in [1.807, 2.05) is 17.8 Å². The Morgan fingerprint density at radius 2 is 2.29 bits per heavy atom. The van der Waals surface area contributed by atoms with Gasteiger partial charge in [0.05, 0.1) is 29.6 Å². The second kappa shape index (κ2) is 4.06. The first kappa shape index (κ1) is 8.96. The van der Waals surface area contributed by atoms with Gasteiger partial charge in [-0.2, -0.15) is 0 Å². The van der Waals surface area contributed by atoms with Crippen molar-refractivity contribution in [3.63, 3.8) is 0 Å². The molecule has 0 fully saturated rings. The lowest BCUT2D eigenvalue weighted by Gasteiger charge is -2.06. The summed E-state index contributed by atoms with van der Waals surface area (Å²) in [4.78, 5) is 9.09. The van der Waals surface area contributed by atoms with Crippen molar-refractivity contribution in [1.29, 1.82) is 0 Å². The first-order valence-corrected chi connectivity index (χ1v) is 5.05. The smallest absolute Gasteiger partial charge is 0.0794 e. The van der Waals surface area contributed by atoms with Crippen molar-refractivity contribution < 1.29 is 0 Å². The zero-order chi connectivity index (χ0) is 9.80. The molecule has 4 nitrogen and oxygen atoms in total. The number of anilines is 2. The van der Waals surface area contributed by atoms with Crippen molar-refractivity contribution in [2.24, 2.45) is 0 Å². The second-order valence-electron chi connectivity index (χ2n) is 2.78. The van der Waals surface area contributed by atoms with Crippen molar-refractivity contribution in [3.8, 4) is 0 Å². The average molecular weight is 206 g/mol. The fourth-order valence-electron chi connectivity index (χ4n) is 1.08. The van der Waals surface area contributed by atoms with Crippen molar-refractivity contribution in [2.75, 3.05) is 11.1 Å². The van der Waals surface area contributed by atoms with Gasteiger partial charge in [0.1, 0.15) is 0 Å². The molecule has 0 aliphatic heterocycles. The predicted octanol–water partition coefficient (Wildman–Crippen LogP) is 1.73. The maximum atomic E-state index is 5.72. The zero-order valence-corrected chi connectivity index (χ0v) is 8.29.